The third kappa shape index (κ3) is 1.22. The number of rotatable bonds is 2. The molecule has 2 aromatic heterocycles. The van der Waals surface area contributed by atoms with Crippen LogP contribution < -0.4 is 4.74 Å². The van der Waals surface area contributed by atoms with Crippen LogP contribution in [0.3, 0.4) is 0 Å². The number of nitrogens with zero attached hydrogens (tertiary/aromatic N) is 2. The first-order chi connectivity index (χ1) is 7.81. The number of methoxy groups -OCH3 is 1. The van der Waals surface area contributed by atoms with Crippen LogP contribution >= 0.6 is 11.3 Å². The molecule has 0 unspecified atom stereocenters. The van der Waals surface area contributed by atoms with E-state index in [0.29, 0.717) is 5.69 Å². The summed E-state index contributed by atoms with van der Waals surface area (Å²) in [6.45, 7) is 0. The van der Waals surface area contributed by atoms with Gasteiger partial charge in [0.25, 0.3) is 0 Å². The molecule has 4 nitrogen and oxygen atoms in total. The quantitative estimate of drug-likeness (QED) is 0.637. The van der Waals surface area contributed by atoms with Crippen molar-refractivity contribution in [2.24, 2.45) is 0 Å². The molecule has 0 aliphatic carbocycles. The summed E-state index contributed by atoms with van der Waals surface area (Å²) < 4.78 is 8.18. The van der Waals surface area contributed by atoms with Crippen LogP contribution in [0.15, 0.2) is 24.4 Å². The number of benzene rings is 1. The normalized spacial score (nSPS) is 11.1. The van der Waals surface area contributed by atoms with Gasteiger partial charge in [-0.2, -0.15) is 0 Å². The first-order valence-electron chi connectivity index (χ1n) is 4.72. The van der Waals surface area contributed by atoms with Crippen molar-refractivity contribution in [1.29, 1.82) is 0 Å². The zero-order chi connectivity index (χ0) is 11.1. The van der Waals surface area contributed by atoms with Crippen LogP contribution in [0.25, 0.3) is 15.2 Å². The van der Waals surface area contributed by atoms with E-state index in [9.17, 15) is 4.79 Å². The average molecular weight is 232 g/mol. The second-order valence-corrected chi connectivity index (χ2v) is 4.38. The molecule has 0 amide bonds. The molecule has 0 saturated heterocycles. The fraction of sp³-hybridized carbons (Fsp3) is 0.0909. The van der Waals surface area contributed by atoms with Crippen molar-refractivity contribution >= 4 is 32.8 Å². The van der Waals surface area contributed by atoms with Crippen molar-refractivity contribution in [3.63, 3.8) is 0 Å². The molecule has 5 heteroatoms. The second kappa shape index (κ2) is 3.31. The Hall–Kier alpha value is -1.88. The Labute approximate surface area is 95.1 Å². The molecule has 80 valence electrons. The molecule has 0 N–H and O–H groups in total. The summed E-state index contributed by atoms with van der Waals surface area (Å²) in [7, 11) is 1.64. The SMILES string of the molecule is COc1ccc2c(c1)sc1nc(C=O)cn12. The topological polar surface area (TPSA) is 43.6 Å². The zero-order valence-electron chi connectivity index (χ0n) is 8.51. The number of ether oxygens (including phenoxy) is 1. The minimum Gasteiger partial charge on any atom is -0.497 e. The molecule has 0 fully saturated rings. The molecule has 0 aliphatic heterocycles. The number of carbonyl (C=O) groups is 1. The van der Waals surface area contributed by atoms with Gasteiger partial charge in [-0.15, -0.1) is 0 Å². The van der Waals surface area contributed by atoms with Gasteiger partial charge in [0.05, 0.1) is 17.3 Å². The van der Waals surface area contributed by atoms with Gasteiger partial charge < -0.3 is 4.74 Å². The van der Waals surface area contributed by atoms with E-state index in [1.54, 1.807) is 24.6 Å². The van der Waals surface area contributed by atoms with Gasteiger partial charge in [0.1, 0.15) is 11.4 Å². The highest BCUT2D eigenvalue weighted by Crippen LogP contribution is 2.29. The zero-order valence-corrected chi connectivity index (χ0v) is 9.32. The van der Waals surface area contributed by atoms with E-state index in [1.807, 2.05) is 22.6 Å². The molecule has 0 atom stereocenters. The van der Waals surface area contributed by atoms with Crippen LogP contribution in [-0.4, -0.2) is 22.8 Å². The first kappa shape index (κ1) is 9.35. The maximum absolute atomic E-state index is 10.6. The van der Waals surface area contributed by atoms with Crippen molar-refractivity contribution in [3.8, 4) is 5.75 Å². The lowest BCUT2D eigenvalue weighted by molar-refractivity contribution is 0.111. The van der Waals surface area contributed by atoms with Crippen molar-refractivity contribution in [3.05, 3.63) is 30.1 Å². The molecule has 0 saturated carbocycles. The molecule has 1 aromatic carbocycles. The Morgan fingerprint density at radius 1 is 1.50 bits per heavy atom. The van der Waals surface area contributed by atoms with Crippen LogP contribution in [0.1, 0.15) is 10.5 Å². The maximum atomic E-state index is 10.6. The van der Waals surface area contributed by atoms with E-state index in [4.69, 9.17) is 4.74 Å². The Morgan fingerprint density at radius 3 is 3.12 bits per heavy atom. The third-order valence-corrected chi connectivity index (χ3v) is 3.46. The number of hydrogen-bond acceptors (Lipinski definition) is 4. The summed E-state index contributed by atoms with van der Waals surface area (Å²) in [6, 6.07) is 5.83. The second-order valence-electron chi connectivity index (χ2n) is 3.37. The van der Waals surface area contributed by atoms with Crippen molar-refractivity contribution in [2.45, 2.75) is 0 Å². The highest BCUT2D eigenvalue weighted by atomic mass is 32.1. The van der Waals surface area contributed by atoms with Crippen LogP contribution in [0.4, 0.5) is 0 Å². The number of hydrogen-bond donors (Lipinski definition) is 0. The first-order valence-corrected chi connectivity index (χ1v) is 5.54. The van der Waals surface area contributed by atoms with Crippen molar-refractivity contribution < 1.29 is 9.53 Å². The summed E-state index contributed by atoms with van der Waals surface area (Å²) >= 11 is 1.54. The van der Waals surface area contributed by atoms with E-state index < -0.39 is 0 Å². The Balaban J connectivity index is 2.35. The lowest BCUT2D eigenvalue weighted by atomic mass is 10.3. The Morgan fingerprint density at radius 2 is 2.38 bits per heavy atom. The van der Waals surface area contributed by atoms with Crippen LogP contribution in [0, 0.1) is 0 Å². The van der Waals surface area contributed by atoms with E-state index >= 15 is 0 Å². The van der Waals surface area contributed by atoms with Crippen molar-refractivity contribution in [2.75, 3.05) is 7.11 Å². The summed E-state index contributed by atoms with van der Waals surface area (Å²) in [4.78, 5) is 15.6. The number of aromatic nitrogens is 2. The minimum absolute atomic E-state index is 0.462. The standard InChI is InChI=1S/C11H8N2O2S/c1-15-8-2-3-9-10(4-8)16-11-12-7(6-14)5-13(9)11/h2-6H,1H3. The summed E-state index contributed by atoms with van der Waals surface area (Å²) in [5.41, 5.74) is 1.50. The molecule has 2 heterocycles. The van der Waals surface area contributed by atoms with E-state index in [2.05, 4.69) is 4.98 Å². The predicted octanol–water partition coefficient (Wildman–Crippen LogP) is 2.37. The Bertz CT molecular complexity index is 684. The molecule has 3 aromatic rings. The summed E-state index contributed by atoms with van der Waals surface area (Å²) in [6.07, 6.45) is 2.50. The smallest absolute Gasteiger partial charge is 0.195 e. The number of thiazole rings is 1. The average Bonchev–Trinajstić information content (AvgIpc) is 2.84. The lowest BCUT2D eigenvalue weighted by Crippen LogP contribution is -1.82. The molecule has 0 bridgehead atoms. The number of carbonyl (C=O) groups excluding carboxylic acids is 1. The lowest BCUT2D eigenvalue weighted by Gasteiger charge is -1.97. The molecule has 3 rings (SSSR count). The van der Waals surface area contributed by atoms with Gasteiger partial charge in [-0.1, -0.05) is 11.3 Å². The summed E-state index contributed by atoms with van der Waals surface area (Å²) in [5, 5.41) is 0. The van der Waals surface area contributed by atoms with Gasteiger partial charge >= 0.3 is 0 Å². The van der Waals surface area contributed by atoms with Gasteiger partial charge in [0, 0.05) is 6.20 Å². The van der Waals surface area contributed by atoms with E-state index in [0.717, 1.165) is 27.2 Å². The van der Waals surface area contributed by atoms with Gasteiger partial charge in [-0.25, -0.2) is 4.98 Å². The van der Waals surface area contributed by atoms with Crippen LogP contribution in [0.5, 0.6) is 5.75 Å². The van der Waals surface area contributed by atoms with Crippen molar-refractivity contribution in [1.82, 2.24) is 9.38 Å². The number of aldehydes is 1. The highest BCUT2D eigenvalue weighted by molar-refractivity contribution is 7.23. The van der Waals surface area contributed by atoms with Gasteiger partial charge in [-0.3, -0.25) is 9.20 Å². The van der Waals surface area contributed by atoms with E-state index in [-0.39, 0.29) is 0 Å². The fourth-order valence-corrected chi connectivity index (χ4v) is 2.73. The maximum Gasteiger partial charge on any atom is 0.195 e. The Kier molecular flexibility index (Phi) is 1.94. The van der Waals surface area contributed by atoms with E-state index in [1.165, 1.54) is 0 Å². The number of fused-ring (bicyclic) bond motifs is 3. The van der Waals surface area contributed by atoms with Crippen LogP contribution in [-0.2, 0) is 0 Å². The monoisotopic (exact) mass is 232 g/mol. The largest absolute Gasteiger partial charge is 0.497 e. The van der Waals surface area contributed by atoms with Crippen LogP contribution in [0.2, 0.25) is 0 Å². The minimum atomic E-state index is 0.462. The predicted molar refractivity (Wildman–Crippen MR) is 62.5 cm³/mol. The highest BCUT2D eigenvalue weighted by Gasteiger charge is 2.08. The molecule has 0 radical (unpaired) electrons. The fourth-order valence-electron chi connectivity index (χ4n) is 1.68. The molecule has 0 spiro atoms. The summed E-state index contributed by atoms with van der Waals surface area (Å²) in [5.74, 6) is 0.826. The molecule has 16 heavy (non-hydrogen) atoms. The van der Waals surface area contributed by atoms with Gasteiger partial charge in [-0.05, 0) is 18.2 Å². The van der Waals surface area contributed by atoms with Gasteiger partial charge in [0.15, 0.2) is 11.2 Å². The van der Waals surface area contributed by atoms with Gasteiger partial charge in [0.2, 0.25) is 0 Å². The molecular weight excluding hydrogens is 224 g/mol. The number of imidazole rings is 1. The third-order valence-electron chi connectivity index (χ3n) is 2.44. The molecular formula is C11H8N2O2S. The molecule has 0 aliphatic rings.